The molecule has 1 aromatic heterocycles. The van der Waals surface area contributed by atoms with E-state index in [0.717, 1.165) is 30.9 Å². The quantitative estimate of drug-likeness (QED) is 0.783. The van der Waals surface area contributed by atoms with E-state index in [1.165, 1.54) is 6.20 Å². The van der Waals surface area contributed by atoms with Gasteiger partial charge in [0.2, 0.25) is 6.41 Å². The van der Waals surface area contributed by atoms with Crippen LogP contribution in [0.5, 0.6) is 0 Å². The number of pyridine rings is 1. The molecular formula is C12H15N3O3. The van der Waals surface area contributed by atoms with Gasteiger partial charge in [-0.05, 0) is 18.6 Å². The lowest BCUT2D eigenvalue weighted by Crippen LogP contribution is -2.46. The average molecular weight is 249 g/mol. The zero-order valence-corrected chi connectivity index (χ0v) is 10.2. The van der Waals surface area contributed by atoms with Gasteiger partial charge in [0.1, 0.15) is 5.82 Å². The van der Waals surface area contributed by atoms with Gasteiger partial charge < -0.3 is 14.9 Å². The second kappa shape index (κ2) is 5.03. The summed E-state index contributed by atoms with van der Waals surface area (Å²) in [7, 11) is 0. The van der Waals surface area contributed by atoms with Gasteiger partial charge in [-0.25, -0.2) is 9.78 Å². The van der Waals surface area contributed by atoms with E-state index < -0.39 is 5.97 Å². The summed E-state index contributed by atoms with van der Waals surface area (Å²) < 4.78 is 0. The highest BCUT2D eigenvalue weighted by atomic mass is 16.4. The first-order chi connectivity index (χ1) is 8.61. The normalized spacial score (nSPS) is 15.6. The Balaban J connectivity index is 2.14. The molecule has 6 heteroatoms. The maximum absolute atomic E-state index is 10.8. The van der Waals surface area contributed by atoms with Gasteiger partial charge in [-0.2, -0.15) is 0 Å². The second-order valence-electron chi connectivity index (χ2n) is 4.30. The third kappa shape index (κ3) is 2.42. The van der Waals surface area contributed by atoms with Crippen molar-refractivity contribution in [2.75, 3.05) is 31.1 Å². The number of amides is 1. The molecule has 1 amide bonds. The number of hydrogen-bond donors (Lipinski definition) is 1. The Labute approximate surface area is 105 Å². The third-order valence-corrected chi connectivity index (χ3v) is 3.06. The van der Waals surface area contributed by atoms with Gasteiger partial charge in [0.05, 0.1) is 5.56 Å². The fourth-order valence-electron chi connectivity index (χ4n) is 2.05. The molecule has 1 fully saturated rings. The van der Waals surface area contributed by atoms with E-state index in [-0.39, 0.29) is 5.56 Å². The van der Waals surface area contributed by atoms with Crippen LogP contribution < -0.4 is 4.90 Å². The van der Waals surface area contributed by atoms with Crippen molar-refractivity contribution in [3.05, 3.63) is 23.4 Å². The molecule has 0 unspecified atom stereocenters. The van der Waals surface area contributed by atoms with Crippen molar-refractivity contribution in [2.45, 2.75) is 6.92 Å². The van der Waals surface area contributed by atoms with Crippen LogP contribution in [0.1, 0.15) is 15.9 Å². The fraction of sp³-hybridized carbons (Fsp3) is 0.417. The number of anilines is 1. The first kappa shape index (κ1) is 12.3. The van der Waals surface area contributed by atoms with Crippen molar-refractivity contribution in [1.82, 2.24) is 9.88 Å². The molecule has 2 heterocycles. The molecule has 1 aliphatic heterocycles. The van der Waals surface area contributed by atoms with Crippen molar-refractivity contribution in [3.63, 3.8) is 0 Å². The molecule has 6 nitrogen and oxygen atoms in total. The maximum Gasteiger partial charge on any atom is 0.337 e. The average Bonchev–Trinajstić information content (AvgIpc) is 2.38. The van der Waals surface area contributed by atoms with E-state index in [1.54, 1.807) is 11.0 Å². The van der Waals surface area contributed by atoms with E-state index in [2.05, 4.69) is 9.88 Å². The Morgan fingerprint density at radius 2 is 2.06 bits per heavy atom. The van der Waals surface area contributed by atoms with Gasteiger partial charge in [0.15, 0.2) is 0 Å². The Kier molecular flexibility index (Phi) is 3.45. The standard InChI is InChI=1S/C12H15N3O3/c1-9-6-10(12(17)18)7-13-11(9)15-4-2-14(8-16)3-5-15/h6-8H,2-5H2,1H3,(H,17,18). The summed E-state index contributed by atoms with van der Waals surface area (Å²) in [5.41, 5.74) is 1.04. The molecule has 1 aromatic rings. The summed E-state index contributed by atoms with van der Waals surface area (Å²) in [5, 5.41) is 8.88. The number of aromatic nitrogens is 1. The summed E-state index contributed by atoms with van der Waals surface area (Å²) in [5.74, 6) is -0.173. The number of aryl methyl sites for hydroxylation is 1. The number of aromatic carboxylic acids is 1. The summed E-state index contributed by atoms with van der Waals surface area (Å²) in [6.45, 7) is 4.63. The second-order valence-corrected chi connectivity index (χ2v) is 4.30. The first-order valence-corrected chi connectivity index (χ1v) is 5.76. The number of carboxylic acid groups (broad SMARTS) is 1. The molecule has 0 spiro atoms. The number of hydrogen-bond acceptors (Lipinski definition) is 4. The molecule has 18 heavy (non-hydrogen) atoms. The number of rotatable bonds is 3. The highest BCUT2D eigenvalue weighted by Crippen LogP contribution is 2.19. The van der Waals surface area contributed by atoms with E-state index in [9.17, 15) is 9.59 Å². The van der Waals surface area contributed by atoms with Crippen LogP contribution in [0.4, 0.5) is 5.82 Å². The minimum atomic E-state index is -0.970. The van der Waals surface area contributed by atoms with E-state index in [1.807, 2.05) is 6.92 Å². The van der Waals surface area contributed by atoms with Crippen LogP contribution in [0.3, 0.4) is 0 Å². The van der Waals surface area contributed by atoms with Crippen molar-refractivity contribution < 1.29 is 14.7 Å². The van der Waals surface area contributed by atoms with E-state index >= 15 is 0 Å². The molecule has 0 aliphatic carbocycles. The van der Waals surface area contributed by atoms with Crippen LogP contribution in [0.15, 0.2) is 12.3 Å². The lowest BCUT2D eigenvalue weighted by atomic mass is 10.2. The molecule has 1 saturated heterocycles. The SMILES string of the molecule is Cc1cc(C(=O)O)cnc1N1CCN(C=O)CC1. The smallest absolute Gasteiger partial charge is 0.337 e. The Bertz CT molecular complexity index is 468. The van der Waals surface area contributed by atoms with Gasteiger partial charge in [0, 0.05) is 32.4 Å². The molecule has 0 bridgehead atoms. The van der Waals surface area contributed by atoms with Gasteiger partial charge in [0.25, 0.3) is 0 Å². The Morgan fingerprint density at radius 3 is 2.56 bits per heavy atom. The largest absolute Gasteiger partial charge is 0.478 e. The lowest BCUT2D eigenvalue weighted by molar-refractivity contribution is -0.118. The highest BCUT2D eigenvalue weighted by Gasteiger charge is 2.18. The highest BCUT2D eigenvalue weighted by molar-refractivity contribution is 5.87. The van der Waals surface area contributed by atoms with Crippen LogP contribution in [-0.2, 0) is 4.79 Å². The fourth-order valence-corrected chi connectivity index (χ4v) is 2.05. The molecule has 0 aromatic carbocycles. The maximum atomic E-state index is 10.8. The first-order valence-electron chi connectivity index (χ1n) is 5.76. The zero-order valence-electron chi connectivity index (χ0n) is 10.2. The van der Waals surface area contributed by atoms with Gasteiger partial charge >= 0.3 is 5.97 Å². The Morgan fingerprint density at radius 1 is 1.39 bits per heavy atom. The third-order valence-electron chi connectivity index (χ3n) is 3.06. The van der Waals surface area contributed by atoms with Gasteiger partial charge in [-0.1, -0.05) is 0 Å². The van der Waals surface area contributed by atoms with Gasteiger partial charge in [-0.3, -0.25) is 4.79 Å². The lowest BCUT2D eigenvalue weighted by Gasteiger charge is -2.34. The summed E-state index contributed by atoms with van der Waals surface area (Å²) in [6, 6.07) is 1.62. The summed E-state index contributed by atoms with van der Waals surface area (Å²) in [4.78, 5) is 29.4. The van der Waals surface area contributed by atoms with E-state index in [0.29, 0.717) is 13.1 Å². The van der Waals surface area contributed by atoms with Crippen molar-refractivity contribution in [2.24, 2.45) is 0 Å². The molecule has 0 atom stereocenters. The molecule has 0 saturated carbocycles. The number of carbonyl (C=O) groups is 2. The molecule has 1 N–H and O–H groups in total. The number of carbonyl (C=O) groups excluding carboxylic acids is 1. The minimum Gasteiger partial charge on any atom is -0.478 e. The molecule has 2 rings (SSSR count). The number of carboxylic acids is 1. The van der Waals surface area contributed by atoms with Crippen molar-refractivity contribution in [1.29, 1.82) is 0 Å². The number of nitrogens with zero attached hydrogens (tertiary/aromatic N) is 3. The monoisotopic (exact) mass is 249 g/mol. The van der Waals surface area contributed by atoms with Crippen LogP contribution in [0, 0.1) is 6.92 Å². The van der Waals surface area contributed by atoms with Gasteiger partial charge in [-0.15, -0.1) is 0 Å². The predicted octanol–water partition coefficient (Wildman–Crippen LogP) is 0.367. The predicted molar refractivity (Wildman–Crippen MR) is 65.8 cm³/mol. The molecule has 0 radical (unpaired) electrons. The van der Waals surface area contributed by atoms with Crippen LogP contribution in [0.2, 0.25) is 0 Å². The van der Waals surface area contributed by atoms with Crippen LogP contribution in [0.25, 0.3) is 0 Å². The van der Waals surface area contributed by atoms with Crippen LogP contribution >= 0.6 is 0 Å². The zero-order chi connectivity index (χ0) is 13.1. The molecule has 1 aliphatic rings. The Hall–Kier alpha value is -2.11. The topological polar surface area (TPSA) is 73.7 Å². The van der Waals surface area contributed by atoms with Crippen LogP contribution in [-0.4, -0.2) is 53.5 Å². The van der Waals surface area contributed by atoms with E-state index in [4.69, 9.17) is 5.11 Å². The minimum absolute atomic E-state index is 0.197. The summed E-state index contributed by atoms with van der Waals surface area (Å²) in [6.07, 6.45) is 2.22. The molecular weight excluding hydrogens is 234 g/mol. The van der Waals surface area contributed by atoms with Crippen molar-refractivity contribution in [3.8, 4) is 0 Å². The number of piperazine rings is 1. The summed E-state index contributed by atoms with van der Waals surface area (Å²) >= 11 is 0. The molecule has 96 valence electrons. The van der Waals surface area contributed by atoms with Crippen molar-refractivity contribution >= 4 is 18.2 Å².